The third-order valence-electron chi connectivity index (χ3n) is 2.56. The second-order valence-corrected chi connectivity index (χ2v) is 5.47. The van der Waals surface area contributed by atoms with Crippen molar-refractivity contribution in [3.63, 3.8) is 0 Å². The molecule has 1 aliphatic rings. The number of rotatable bonds is 1. The van der Waals surface area contributed by atoms with Crippen molar-refractivity contribution >= 4 is 22.6 Å². The summed E-state index contributed by atoms with van der Waals surface area (Å²) in [5.74, 6) is 0.881. The average Bonchev–Trinajstić information content (AvgIpc) is 1.94. The lowest BCUT2D eigenvalue weighted by atomic mass is 9.99. The van der Waals surface area contributed by atoms with Crippen LogP contribution < -0.4 is 0 Å². The van der Waals surface area contributed by atoms with Crippen LogP contribution in [0.2, 0.25) is 0 Å². The monoisotopic (exact) mass is 267 g/mol. The highest BCUT2D eigenvalue weighted by Crippen LogP contribution is 2.24. The van der Waals surface area contributed by atoms with Crippen molar-refractivity contribution in [1.29, 1.82) is 0 Å². The van der Waals surface area contributed by atoms with Crippen LogP contribution in [0.25, 0.3) is 0 Å². The quantitative estimate of drug-likeness (QED) is 0.521. The van der Waals surface area contributed by atoms with Crippen molar-refractivity contribution in [3.05, 3.63) is 0 Å². The standard InChI is InChI=1S/C9H18IN/c1-7(2)11-5-4-9(10)8(3)6-11/h7-9H,4-6H2,1-3H3. The van der Waals surface area contributed by atoms with Gasteiger partial charge in [-0.3, -0.25) is 0 Å². The van der Waals surface area contributed by atoms with Gasteiger partial charge in [-0.1, -0.05) is 29.5 Å². The van der Waals surface area contributed by atoms with Crippen LogP contribution in [-0.2, 0) is 0 Å². The minimum Gasteiger partial charge on any atom is -0.301 e. The molecule has 0 aliphatic carbocycles. The van der Waals surface area contributed by atoms with Gasteiger partial charge in [0.15, 0.2) is 0 Å². The first-order valence-electron chi connectivity index (χ1n) is 4.49. The number of piperidine rings is 1. The predicted octanol–water partition coefficient (Wildman–Crippen LogP) is 2.54. The molecule has 2 atom stereocenters. The van der Waals surface area contributed by atoms with Crippen molar-refractivity contribution in [2.45, 2.75) is 37.2 Å². The summed E-state index contributed by atoms with van der Waals surface area (Å²) in [6, 6.07) is 0.737. The maximum atomic E-state index is 2.59. The van der Waals surface area contributed by atoms with E-state index in [2.05, 4.69) is 48.3 Å². The van der Waals surface area contributed by atoms with Gasteiger partial charge in [-0.2, -0.15) is 0 Å². The van der Waals surface area contributed by atoms with Gasteiger partial charge in [0.2, 0.25) is 0 Å². The Kier molecular flexibility index (Phi) is 3.62. The summed E-state index contributed by atoms with van der Waals surface area (Å²) in [5.41, 5.74) is 0. The maximum absolute atomic E-state index is 2.59. The topological polar surface area (TPSA) is 3.24 Å². The molecule has 1 rings (SSSR count). The number of nitrogens with zero attached hydrogens (tertiary/aromatic N) is 1. The van der Waals surface area contributed by atoms with Gasteiger partial charge >= 0.3 is 0 Å². The summed E-state index contributed by atoms with van der Waals surface area (Å²) in [4.78, 5) is 2.58. The zero-order valence-corrected chi connectivity index (χ0v) is 9.84. The Hall–Kier alpha value is 0.690. The summed E-state index contributed by atoms with van der Waals surface area (Å²) in [5, 5.41) is 0. The van der Waals surface area contributed by atoms with Crippen molar-refractivity contribution in [3.8, 4) is 0 Å². The molecule has 0 N–H and O–H groups in total. The molecule has 11 heavy (non-hydrogen) atoms. The van der Waals surface area contributed by atoms with Gasteiger partial charge < -0.3 is 4.90 Å². The number of hydrogen-bond donors (Lipinski definition) is 0. The third-order valence-corrected chi connectivity index (χ3v) is 4.41. The van der Waals surface area contributed by atoms with Crippen LogP contribution in [0.4, 0.5) is 0 Å². The average molecular weight is 267 g/mol. The molecule has 1 saturated heterocycles. The second kappa shape index (κ2) is 4.08. The maximum Gasteiger partial charge on any atom is 0.0160 e. The van der Waals surface area contributed by atoms with E-state index in [9.17, 15) is 0 Å². The molecule has 0 aromatic rings. The molecule has 0 bridgehead atoms. The minimum absolute atomic E-state index is 0.737. The number of likely N-dealkylation sites (tertiary alicyclic amines) is 1. The summed E-state index contributed by atoms with van der Waals surface area (Å²) < 4.78 is 0.905. The zero-order valence-electron chi connectivity index (χ0n) is 7.68. The molecule has 0 saturated carbocycles. The van der Waals surface area contributed by atoms with Crippen LogP contribution in [0.1, 0.15) is 27.2 Å². The Morgan fingerprint density at radius 1 is 1.45 bits per heavy atom. The normalized spacial score (nSPS) is 34.6. The molecule has 1 nitrogen and oxygen atoms in total. The van der Waals surface area contributed by atoms with E-state index in [0.29, 0.717) is 0 Å². The molecule has 1 fully saturated rings. The lowest BCUT2D eigenvalue weighted by Crippen LogP contribution is -2.43. The van der Waals surface area contributed by atoms with E-state index in [1.807, 2.05) is 0 Å². The predicted molar refractivity (Wildman–Crippen MR) is 58.3 cm³/mol. The van der Waals surface area contributed by atoms with Gasteiger partial charge in [0.1, 0.15) is 0 Å². The van der Waals surface area contributed by atoms with Gasteiger partial charge in [0.25, 0.3) is 0 Å². The minimum atomic E-state index is 0.737. The summed E-state index contributed by atoms with van der Waals surface area (Å²) >= 11 is 2.59. The molecular formula is C9H18IN. The third kappa shape index (κ3) is 2.58. The first kappa shape index (κ1) is 9.78. The van der Waals surface area contributed by atoms with Crippen LogP contribution in [0.15, 0.2) is 0 Å². The lowest BCUT2D eigenvalue weighted by molar-refractivity contribution is 0.155. The van der Waals surface area contributed by atoms with E-state index in [1.165, 1.54) is 19.5 Å². The number of halogens is 1. The molecule has 66 valence electrons. The van der Waals surface area contributed by atoms with Crippen molar-refractivity contribution in [2.24, 2.45) is 5.92 Å². The zero-order chi connectivity index (χ0) is 8.43. The van der Waals surface area contributed by atoms with Crippen LogP contribution >= 0.6 is 22.6 Å². The van der Waals surface area contributed by atoms with Crippen LogP contribution in [0.3, 0.4) is 0 Å². The lowest BCUT2D eigenvalue weighted by Gasteiger charge is -2.36. The molecule has 0 aromatic carbocycles. The van der Waals surface area contributed by atoms with Crippen molar-refractivity contribution < 1.29 is 0 Å². The molecule has 0 aromatic heterocycles. The SMILES string of the molecule is CC1CN(C(C)C)CCC1I. The summed E-state index contributed by atoms with van der Waals surface area (Å²) in [6.07, 6.45) is 1.37. The van der Waals surface area contributed by atoms with Gasteiger partial charge in [-0.25, -0.2) is 0 Å². The van der Waals surface area contributed by atoms with Crippen molar-refractivity contribution in [2.75, 3.05) is 13.1 Å². The molecule has 0 radical (unpaired) electrons. The Morgan fingerprint density at radius 3 is 2.55 bits per heavy atom. The Morgan fingerprint density at radius 2 is 2.09 bits per heavy atom. The van der Waals surface area contributed by atoms with Crippen molar-refractivity contribution in [1.82, 2.24) is 4.90 Å². The smallest absolute Gasteiger partial charge is 0.0160 e. The van der Waals surface area contributed by atoms with Crippen LogP contribution in [-0.4, -0.2) is 28.0 Å². The largest absolute Gasteiger partial charge is 0.301 e. The Bertz CT molecular complexity index is 125. The van der Waals surface area contributed by atoms with Gasteiger partial charge in [-0.05, 0) is 32.7 Å². The van der Waals surface area contributed by atoms with E-state index in [4.69, 9.17) is 0 Å². The van der Waals surface area contributed by atoms with E-state index in [0.717, 1.165) is 15.9 Å². The number of hydrogen-bond acceptors (Lipinski definition) is 1. The van der Waals surface area contributed by atoms with Gasteiger partial charge in [0, 0.05) is 16.5 Å². The molecular weight excluding hydrogens is 249 g/mol. The molecule has 1 aliphatic heterocycles. The first-order valence-corrected chi connectivity index (χ1v) is 5.74. The fourth-order valence-electron chi connectivity index (χ4n) is 1.62. The summed E-state index contributed by atoms with van der Waals surface area (Å²) in [7, 11) is 0. The number of alkyl halides is 1. The highest BCUT2D eigenvalue weighted by atomic mass is 127. The Balaban J connectivity index is 2.40. The second-order valence-electron chi connectivity index (χ2n) is 3.87. The van der Waals surface area contributed by atoms with Gasteiger partial charge in [0.05, 0.1) is 0 Å². The molecule has 1 heterocycles. The highest BCUT2D eigenvalue weighted by Gasteiger charge is 2.24. The van der Waals surface area contributed by atoms with E-state index >= 15 is 0 Å². The van der Waals surface area contributed by atoms with Gasteiger partial charge in [-0.15, -0.1) is 0 Å². The van der Waals surface area contributed by atoms with E-state index < -0.39 is 0 Å². The summed E-state index contributed by atoms with van der Waals surface area (Å²) in [6.45, 7) is 9.55. The molecule has 2 heteroatoms. The molecule has 2 unspecified atom stereocenters. The van der Waals surface area contributed by atoms with Crippen LogP contribution in [0, 0.1) is 5.92 Å². The van der Waals surface area contributed by atoms with Crippen LogP contribution in [0.5, 0.6) is 0 Å². The molecule has 0 spiro atoms. The first-order chi connectivity index (χ1) is 5.11. The fraction of sp³-hybridized carbons (Fsp3) is 1.00. The Labute approximate surface area is 83.7 Å². The fourth-order valence-corrected chi connectivity index (χ4v) is 2.12. The van der Waals surface area contributed by atoms with E-state index in [1.54, 1.807) is 0 Å². The van der Waals surface area contributed by atoms with E-state index in [-0.39, 0.29) is 0 Å². The highest BCUT2D eigenvalue weighted by molar-refractivity contribution is 14.1. The molecule has 0 amide bonds.